The number of carbonyl (C=O) groups excluding carboxylic acids is 1. The quantitative estimate of drug-likeness (QED) is 0.309. The standard InChI is InChI=1S/C26H21ClN2O5/c1-2-33-24-14-18(13-20(15-28)25(30)29-22-6-4-3-5-21(22)27)9-12-23(24)34-16-17-7-10-19(11-8-17)26(31)32/h3-14H,2,16H2,1H3,(H,29,30)(H,31,32)/b20-13+. The first-order chi connectivity index (χ1) is 16.4. The van der Waals surface area contributed by atoms with Crippen LogP contribution >= 0.6 is 11.6 Å². The lowest BCUT2D eigenvalue weighted by Gasteiger charge is -2.13. The van der Waals surface area contributed by atoms with Crippen LogP contribution in [0.5, 0.6) is 11.5 Å². The molecule has 0 heterocycles. The van der Waals surface area contributed by atoms with Crippen molar-refractivity contribution in [3.05, 3.63) is 94.0 Å². The summed E-state index contributed by atoms with van der Waals surface area (Å²) in [7, 11) is 0. The second kappa shape index (κ2) is 11.5. The highest BCUT2D eigenvalue weighted by Crippen LogP contribution is 2.30. The molecule has 0 aliphatic carbocycles. The van der Waals surface area contributed by atoms with Gasteiger partial charge in [0.25, 0.3) is 5.91 Å². The average molecular weight is 477 g/mol. The molecule has 0 aliphatic rings. The van der Waals surface area contributed by atoms with Gasteiger partial charge >= 0.3 is 5.97 Å². The highest BCUT2D eigenvalue weighted by Gasteiger charge is 2.13. The number of nitrogens with zero attached hydrogens (tertiary/aromatic N) is 1. The molecule has 0 unspecified atom stereocenters. The molecule has 0 fully saturated rings. The predicted octanol–water partition coefficient (Wildman–Crippen LogP) is 5.56. The maximum Gasteiger partial charge on any atom is 0.335 e. The molecule has 0 radical (unpaired) electrons. The molecule has 2 N–H and O–H groups in total. The van der Waals surface area contributed by atoms with Crippen molar-refractivity contribution in [3.63, 3.8) is 0 Å². The number of hydrogen-bond donors (Lipinski definition) is 2. The summed E-state index contributed by atoms with van der Waals surface area (Å²) in [6.07, 6.45) is 1.45. The van der Waals surface area contributed by atoms with E-state index in [-0.39, 0.29) is 17.7 Å². The number of hydrogen-bond acceptors (Lipinski definition) is 5. The van der Waals surface area contributed by atoms with Gasteiger partial charge in [-0.25, -0.2) is 4.79 Å². The SMILES string of the molecule is CCOc1cc(/C=C(\C#N)C(=O)Nc2ccccc2Cl)ccc1OCc1ccc(C(=O)O)cc1. The summed E-state index contributed by atoms with van der Waals surface area (Å²) in [6, 6.07) is 20.1. The molecule has 0 bridgehead atoms. The Labute approximate surface area is 201 Å². The van der Waals surface area contributed by atoms with Crippen molar-refractivity contribution in [2.45, 2.75) is 13.5 Å². The fourth-order valence-corrected chi connectivity index (χ4v) is 3.16. The number of nitrogens with one attached hydrogen (secondary N) is 1. The Balaban J connectivity index is 1.77. The fourth-order valence-electron chi connectivity index (χ4n) is 2.97. The first-order valence-corrected chi connectivity index (χ1v) is 10.7. The summed E-state index contributed by atoms with van der Waals surface area (Å²) in [6.45, 7) is 2.42. The molecule has 34 heavy (non-hydrogen) atoms. The number of anilines is 1. The average Bonchev–Trinajstić information content (AvgIpc) is 2.83. The third kappa shape index (κ3) is 6.37. The maximum absolute atomic E-state index is 12.6. The van der Waals surface area contributed by atoms with Crippen molar-refractivity contribution in [3.8, 4) is 17.6 Å². The molecule has 0 saturated carbocycles. The van der Waals surface area contributed by atoms with Crippen LogP contribution in [-0.4, -0.2) is 23.6 Å². The Bertz CT molecular complexity index is 1260. The van der Waals surface area contributed by atoms with Crippen LogP contribution in [0, 0.1) is 11.3 Å². The Morgan fingerprint density at radius 1 is 1.06 bits per heavy atom. The van der Waals surface area contributed by atoms with Crippen LogP contribution < -0.4 is 14.8 Å². The van der Waals surface area contributed by atoms with Gasteiger partial charge in [-0.2, -0.15) is 5.26 Å². The molecule has 7 nitrogen and oxygen atoms in total. The molecule has 0 aromatic heterocycles. The van der Waals surface area contributed by atoms with E-state index in [1.165, 1.54) is 18.2 Å². The zero-order chi connectivity index (χ0) is 24.5. The van der Waals surface area contributed by atoms with E-state index >= 15 is 0 Å². The lowest BCUT2D eigenvalue weighted by Crippen LogP contribution is -2.13. The largest absolute Gasteiger partial charge is 0.490 e. The van der Waals surface area contributed by atoms with Gasteiger partial charge in [-0.05, 0) is 60.5 Å². The van der Waals surface area contributed by atoms with E-state index in [2.05, 4.69) is 5.32 Å². The third-order valence-corrected chi connectivity index (χ3v) is 4.99. The summed E-state index contributed by atoms with van der Waals surface area (Å²) in [5, 5.41) is 21.5. The Kier molecular flexibility index (Phi) is 8.27. The molecular formula is C26H21ClN2O5. The number of carboxylic acids is 1. The molecule has 3 aromatic carbocycles. The minimum Gasteiger partial charge on any atom is -0.490 e. The van der Waals surface area contributed by atoms with E-state index in [4.69, 9.17) is 26.2 Å². The van der Waals surface area contributed by atoms with Gasteiger partial charge in [-0.3, -0.25) is 4.79 Å². The number of rotatable bonds is 9. The monoisotopic (exact) mass is 476 g/mol. The van der Waals surface area contributed by atoms with Crippen LogP contribution in [0.1, 0.15) is 28.4 Å². The van der Waals surface area contributed by atoms with E-state index in [0.29, 0.717) is 34.4 Å². The Morgan fingerprint density at radius 3 is 2.44 bits per heavy atom. The minimum atomic E-state index is -0.993. The molecule has 1 amide bonds. The van der Waals surface area contributed by atoms with Crippen molar-refractivity contribution >= 4 is 35.2 Å². The second-order valence-corrected chi connectivity index (χ2v) is 7.44. The van der Waals surface area contributed by atoms with Crippen molar-refractivity contribution in [1.82, 2.24) is 0 Å². The van der Waals surface area contributed by atoms with Crippen LogP contribution in [0.25, 0.3) is 6.08 Å². The number of para-hydroxylation sites is 1. The maximum atomic E-state index is 12.6. The van der Waals surface area contributed by atoms with Gasteiger partial charge in [0.15, 0.2) is 11.5 Å². The first-order valence-electron chi connectivity index (χ1n) is 10.3. The summed E-state index contributed by atoms with van der Waals surface area (Å²) in [5.41, 5.74) is 1.87. The molecule has 3 aromatic rings. The van der Waals surface area contributed by atoms with E-state index in [0.717, 1.165) is 5.56 Å². The fraction of sp³-hybridized carbons (Fsp3) is 0.115. The number of halogens is 1. The molecule has 172 valence electrons. The van der Waals surface area contributed by atoms with Crippen LogP contribution in [0.15, 0.2) is 72.3 Å². The number of benzene rings is 3. The smallest absolute Gasteiger partial charge is 0.335 e. The van der Waals surface area contributed by atoms with Crippen molar-refractivity contribution in [2.24, 2.45) is 0 Å². The van der Waals surface area contributed by atoms with E-state index in [1.54, 1.807) is 54.6 Å². The molecule has 8 heteroatoms. The predicted molar refractivity (Wildman–Crippen MR) is 129 cm³/mol. The van der Waals surface area contributed by atoms with Crippen molar-refractivity contribution in [1.29, 1.82) is 5.26 Å². The molecule has 0 atom stereocenters. The molecule has 0 spiro atoms. The van der Waals surface area contributed by atoms with E-state index in [1.807, 2.05) is 13.0 Å². The van der Waals surface area contributed by atoms with Gasteiger partial charge in [-0.1, -0.05) is 41.9 Å². The lowest BCUT2D eigenvalue weighted by molar-refractivity contribution is -0.112. The van der Waals surface area contributed by atoms with Crippen molar-refractivity contribution in [2.75, 3.05) is 11.9 Å². The van der Waals surface area contributed by atoms with Crippen LogP contribution in [0.2, 0.25) is 5.02 Å². The number of amides is 1. The Morgan fingerprint density at radius 2 is 1.79 bits per heavy atom. The highest BCUT2D eigenvalue weighted by molar-refractivity contribution is 6.34. The number of carbonyl (C=O) groups is 2. The molecule has 0 saturated heterocycles. The van der Waals surface area contributed by atoms with Gasteiger partial charge in [-0.15, -0.1) is 0 Å². The summed E-state index contributed by atoms with van der Waals surface area (Å²) < 4.78 is 11.5. The minimum absolute atomic E-state index is 0.102. The number of ether oxygens (including phenoxy) is 2. The highest BCUT2D eigenvalue weighted by atomic mass is 35.5. The molecular weight excluding hydrogens is 456 g/mol. The van der Waals surface area contributed by atoms with Gasteiger partial charge in [0, 0.05) is 0 Å². The third-order valence-electron chi connectivity index (χ3n) is 4.66. The summed E-state index contributed by atoms with van der Waals surface area (Å²) in [5.74, 6) is -0.659. The van der Waals surface area contributed by atoms with Crippen LogP contribution in [0.4, 0.5) is 5.69 Å². The normalized spacial score (nSPS) is 10.8. The topological polar surface area (TPSA) is 109 Å². The van der Waals surface area contributed by atoms with Gasteiger partial charge < -0.3 is 19.9 Å². The van der Waals surface area contributed by atoms with Gasteiger partial charge in [0.05, 0.1) is 22.9 Å². The number of aromatic carboxylic acids is 1. The van der Waals surface area contributed by atoms with Gasteiger partial charge in [0.1, 0.15) is 18.2 Å². The Hall–Kier alpha value is -4.28. The van der Waals surface area contributed by atoms with Gasteiger partial charge in [0.2, 0.25) is 0 Å². The van der Waals surface area contributed by atoms with E-state index < -0.39 is 11.9 Å². The zero-order valence-electron chi connectivity index (χ0n) is 18.2. The summed E-state index contributed by atoms with van der Waals surface area (Å²) in [4.78, 5) is 23.5. The molecule has 3 rings (SSSR count). The summed E-state index contributed by atoms with van der Waals surface area (Å²) >= 11 is 6.07. The molecule has 0 aliphatic heterocycles. The number of nitriles is 1. The van der Waals surface area contributed by atoms with Crippen molar-refractivity contribution < 1.29 is 24.2 Å². The second-order valence-electron chi connectivity index (χ2n) is 7.03. The van der Waals surface area contributed by atoms with E-state index in [9.17, 15) is 14.9 Å². The number of carboxylic acid groups (broad SMARTS) is 1. The lowest BCUT2D eigenvalue weighted by atomic mass is 10.1. The first kappa shape index (κ1) is 24.4. The van der Waals surface area contributed by atoms with Crippen LogP contribution in [-0.2, 0) is 11.4 Å². The zero-order valence-corrected chi connectivity index (χ0v) is 19.0. The van der Waals surface area contributed by atoms with Crippen LogP contribution in [0.3, 0.4) is 0 Å².